The number of hydrogen-bond donors (Lipinski definition) is 0. The van der Waals surface area contributed by atoms with E-state index < -0.39 is 10.1 Å². The predicted octanol–water partition coefficient (Wildman–Crippen LogP) is 3.60. The summed E-state index contributed by atoms with van der Waals surface area (Å²) in [5.41, 5.74) is 0. The van der Waals surface area contributed by atoms with Gasteiger partial charge in [-0.15, -0.1) is 0 Å². The van der Waals surface area contributed by atoms with Gasteiger partial charge in [-0.1, -0.05) is 102 Å². The summed E-state index contributed by atoms with van der Waals surface area (Å²) in [6, 6.07) is 8.72. The molecular weight excluding hydrogens is 355 g/mol. The third-order valence-electron chi connectivity index (χ3n) is 4.46. The minimum atomic E-state index is -3.45. The number of unbranched alkanes of at least 4 members (excludes halogenated alkanes) is 12. The average Bonchev–Trinajstić information content (AvgIpc) is 2.59. The van der Waals surface area contributed by atoms with E-state index in [2.05, 4.69) is 6.92 Å². The molecule has 0 fully saturated rings. The molecule has 0 heterocycles. The van der Waals surface area contributed by atoms with Gasteiger partial charge in [0.1, 0.15) is 5.75 Å². The number of hydrogen-bond acceptors (Lipinski definition) is 3. The molecule has 26 heavy (non-hydrogen) atoms. The number of benzene rings is 1. The average molecular weight is 393 g/mol. The van der Waals surface area contributed by atoms with Crippen molar-refractivity contribution in [3.8, 4) is 5.75 Å². The number of rotatable bonds is 16. The fourth-order valence-electron chi connectivity index (χ4n) is 2.96. The molecule has 0 aromatic heterocycles. The smallest absolute Gasteiger partial charge is 1.00 e. The maximum atomic E-state index is 11.9. The van der Waals surface area contributed by atoms with Crippen LogP contribution in [0.1, 0.15) is 91.8 Å². The van der Waals surface area contributed by atoms with Crippen LogP contribution >= 0.6 is 0 Å². The van der Waals surface area contributed by atoms with E-state index in [9.17, 15) is 8.42 Å². The van der Waals surface area contributed by atoms with Gasteiger partial charge in [-0.3, -0.25) is 0 Å². The van der Waals surface area contributed by atoms with Crippen LogP contribution in [0.5, 0.6) is 5.75 Å². The molecule has 0 radical (unpaired) electrons. The molecule has 1 aromatic carbocycles. The van der Waals surface area contributed by atoms with Gasteiger partial charge in [0.05, 0.1) is 5.75 Å². The van der Waals surface area contributed by atoms with E-state index in [4.69, 9.17) is 4.18 Å². The van der Waals surface area contributed by atoms with Gasteiger partial charge in [0.15, 0.2) is 0 Å². The van der Waals surface area contributed by atoms with Gasteiger partial charge < -0.3 is 5.61 Å². The molecule has 0 atom stereocenters. The molecule has 0 aliphatic carbocycles. The van der Waals surface area contributed by atoms with E-state index in [1.807, 2.05) is 6.07 Å². The SMILES string of the molecule is CCCCCCCCCCCCCCCS(=O)(=O)Oc1ccccc1.[H-].[Na+]. The summed E-state index contributed by atoms with van der Waals surface area (Å²) in [6.45, 7) is 2.26. The first kappa shape index (κ1) is 26.0. The van der Waals surface area contributed by atoms with E-state index in [1.165, 1.54) is 64.2 Å². The van der Waals surface area contributed by atoms with Crippen LogP contribution in [0.15, 0.2) is 30.3 Å². The normalized spacial score (nSPS) is 11.1. The molecule has 0 saturated carbocycles. The molecule has 0 N–H and O–H groups in total. The zero-order valence-corrected chi connectivity index (χ0v) is 19.7. The Morgan fingerprint density at radius 2 is 1.15 bits per heavy atom. The Bertz CT molecular complexity index is 523. The van der Waals surface area contributed by atoms with Crippen molar-refractivity contribution < 1.29 is 43.6 Å². The van der Waals surface area contributed by atoms with Crippen LogP contribution in [-0.2, 0) is 10.1 Å². The summed E-state index contributed by atoms with van der Waals surface area (Å²) < 4.78 is 28.8. The van der Waals surface area contributed by atoms with Gasteiger partial charge in [0, 0.05) is 0 Å². The Morgan fingerprint density at radius 1 is 0.731 bits per heavy atom. The van der Waals surface area contributed by atoms with Crippen LogP contribution < -0.4 is 33.7 Å². The summed E-state index contributed by atoms with van der Waals surface area (Å²) in [7, 11) is -3.45. The van der Waals surface area contributed by atoms with Crippen LogP contribution in [0, 0.1) is 0 Å². The minimum absolute atomic E-state index is 0. The van der Waals surface area contributed by atoms with Crippen molar-refractivity contribution in [2.24, 2.45) is 0 Å². The molecule has 0 bridgehead atoms. The maximum Gasteiger partial charge on any atom is 1.00 e. The first-order valence-corrected chi connectivity index (χ1v) is 11.7. The summed E-state index contributed by atoms with van der Waals surface area (Å²) in [6.07, 6.45) is 16.2. The molecule has 0 amide bonds. The molecule has 0 aliphatic rings. The van der Waals surface area contributed by atoms with E-state index >= 15 is 0 Å². The van der Waals surface area contributed by atoms with Crippen molar-refractivity contribution in [2.75, 3.05) is 5.75 Å². The van der Waals surface area contributed by atoms with E-state index in [1.54, 1.807) is 24.3 Å². The van der Waals surface area contributed by atoms with Gasteiger partial charge in [-0.25, -0.2) is 0 Å². The van der Waals surface area contributed by atoms with Gasteiger partial charge in [0.2, 0.25) is 0 Å². The predicted molar refractivity (Wildman–Crippen MR) is 108 cm³/mol. The summed E-state index contributed by atoms with van der Waals surface area (Å²) in [5, 5.41) is 0. The monoisotopic (exact) mass is 392 g/mol. The zero-order valence-electron chi connectivity index (χ0n) is 17.9. The fourth-order valence-corrected chi connectivity index (χ4v) is 4.01. The van der Waals surface area contributed by atoms with Crippen molar-refractivity contribution >= 4 is 10.1 Å². The van der Waals surface area contributed by atoms with Crippen molar-refractivity contribution in [3.05, 3.63) is 30.3 Å². The Hall–Kier alpha value is -0.0300. The molecule has 0 aliphatic heterocycles. The molecule has 1 rings (SSSR count). The van der Waals surface area contributed by atoms with Gasteiger partial charge in [0.25, 0.3) is 0 Å². The van der Waals surface area contributed by atoms with Gasteiger partial charge in [-0.2, -0.15) is 8.42 Å². The van der Waals surface area contributed by atoms with Crippen molar-refractivity contribution in [1.82, 2.24) is 0 Å². The van der Waals surface area contributed by atoms with Crippen molar-refractivity contribution in [2.45, 2.75) is 90.4 Å². The standard InChI is InChI=1S/C21H36O3S.Na.H/c1-2-3-4-5-6-7-8-9-10-11-12-13-17-20-25(22,23)24-21-18-15-14-16-19-21;;/h14-16,18-19H,2-13,17,20H2,1H3;;/q;+1;-1. The Balaban J connectivity index is 0. The Kier molecular flexibility index (Phi) is 17.1. The first-order valence-electron chi connectivity index (χ1n) is 10.1. The fraction of sp³-hybridized carbons (Fsp3) is 0.714. The third-order valence-corrected chi connectivity index (χ3v) is 5.70. The van der Waals surface area contributed by atoms with Gasteiger partial charge in [-0.05, 0) is 18.6 Å². The largest absolute Gasteiger partial charge is 1.00 e. The summed E-state index contributed by atoms with van der Waals surface area (Å²) in [4.78, 5) is 0. The molecule has 3 nitrogen and oxygen atoms in total. The molecular formula is C21H37NaO3S. The second-order valence-electron chi connectivity index (χ2n) is 6.90. The van der Waals surface area contributed by atoms with Crippen LogP contribution in [0.2, 0.25) is 0 Å². The van der Waals surface area contributed by atoms with E-state index in [0.717, 1.165) is 12.8 Å². The van der Waals surface area contributed by atoms with E-state index in [-0.39, 0.29) is 36.7 Å². The second kappa shape index (κ2) is 17.1. The number of para-hydroxylation sites is 1. The summed E-state index contributed by atoms with van der Waals surface area (Å²) >= 11 is 0. The molecule has 1 aromatic rings. The van der Waals surface area contributed by atoms with Crippen LogP contribution in [0.3, 0.4) is 0 Å². The Morgan fingerprint density at radius 3 is 1.62 bits per heavy atom. The first-order chi connectivity index (χ1) is 12.1. The third kappa shape index (κ3) is 15.1. The second-order valence-corrected chi connectivity index (χ2v) is 8.59. The summed E-state index contributed by atoms with van der Waals surface area (Å²) in [5.74, 6) is 0.511. The topological polar surface area (TPSA) is 43.4 Å². The molecule has 5 heteroatoms. The molecule has 0 spiro atoms. The molecule has 0 saturated heterocycles. The van der Waals surface area contributed by atoms with Crippen LogP contribution in [-0.4, -0.2) is 14.2 Å². The van der Waals surface area contributed by atoms with Crippen LogP contribution in [0.4, 0.5) is 0 Å². The molecule has 0 unspecified atom stereocenters. The minimum Gasteiger partial charge on any atom is -1.00 e. The van der Waals surface area contributed by atoms with Gasteiger partial charge >= 0.3 is 39.7 Å². The maximum absolute atomic E-state index is 11.9. The van der Waals surface area contributed by atoms with E-state index in [0.29, 0.717) is 12.2 Å². The quantitative estimate of drug-likeness (QED) is 0.245. The Labute approximate surface area is 185 Å². The van der Waals surface area contributed by atoms with Crippen LogP contribution in [0.25, 0.3) is 0 Å². The zero-order chi connectivity index (χ0) is 18.2. The van der Waals surface area contributed by atoms with Crippen molar-refractivity contribution in [3.63, 3.8) is 0 Å². The molecule has 146 valence electrons. The van der Waals surface area contributed by atoms with Crippen molar-refractivity contribution in [1.29, 1.82) is 0 Å².